The van der Waals surface area contributed by atoms with Gasteiger partial charge in [-0.05, 0) is 6.07 Å². The molecule has 0 aliphatic rings. The van der Waals surface area contributed by atoms with Crippen LogP contribution in [0.5, 0.6) is 0 Å². The molecule has 0 radical (unpaired) electrons. The highest BCUT2D eigenvalue weighted by Gasteiger charge is 2.20. The maximum absolute atomic E-state index is 4.58. The lowest BCUT2D eigenvalue weighted by Crippen LogP contribution is -2.12. The van der Waals surface area contributed by atoms with Gasteiger partial charge in [0, 0.05) is 18.4 Å². The Morgan fingerprint density at radius 1 is 1.28 bits per heavy atom. The molecule has 0 saturated heterocycles. The Balaban J connectivity index is 2.41. The molecule has 2 aromatic heterocycles. The number of nitrogens with zero attached hydrogens (tertiary/aromatic N) is 3. The third-order valence-electron chi connectivity index (χ3n) is 3.07. The number of hydrogen-bond acceptors (Lipinski definition) is 2. The predicted molar refractivity (Wildman–Crippen MR) is 73.6 cm³/mol. The van der Waals surface area contributed by atoms with Crippen LogP contribution in [0.3, 0.4) is 0 Å². The van der Waals surface area contributed by atoms with E-state index >= 15 is 0 Å². The second-order valence-corrected chi connectivity index (χ2v) is 6.13. The lowest BCUT2D eigenvalue weighted by Gasteiger charge is -2.13. The Morgan fingerprint density at radius 2 is 1.94 bits per heavy atom. The second kappa shape index (κ2) is 4.26. The fraction of sp³-hybridized carbons (Fsp3) is 0.571. The maximum Gasteiger partial charge on any atom is 0.109 e. The number of aromatic amines is 1. The van der Waals surface area contributed by atoms with Crippen LogP contribution in [-0.4, -0.2) is 19.7 Å². The number of imidazole rings is 1. The van der Waals surface area contributed by atoms with E-state index in [9.17, 15) is 0 Å². The molecule has 18 heavy (non-hydrogen) atoms. The van der Waals surface area contributed by atoms with Gasteiger partial charge >= 0.3 is 0 Å². The van der Waals surface area contributed by atoms with E-state index in [-0.39, 0.29) is 5.41 Å². The lowest BCUT2D eigenvalue weighted by atomic mass is 9.92. The van der Waals surface area contributed by atoms with Gasteiger partial charge in [-0.15, -0.1) is 0 Å². The summed E-state index contributed by atoms with van der Waals surface area (Å²) in [5.74, 6) is 1.43. The number of aryl methyl sites for hydroxylation is 1. The Hall–Kier alpha value is -1.58. The zero-order valence-corrected chi connectivity index (χ0v) is 12.1. The number of H-pyrrole nitrogens is 1. The highest BCUT2D eigenvalue weighted by molar-refractivity contribution is 5.55. The molecule has 0 unspecified atom stereocenters. The summed E-state index contributed by atoms with van der Waals surface area (Å²) in [4.78, 5) is 7.77. The molecular weight excluding hydrogens is 224 g/mol. The van der Waals surface area contributed by atoms with Crippen molar-refractivity contribution in [3.05, 3.63) is 23.8 Å². The first-order chi connectivity index (χ1) is 8.29. The minimum absolute atomic E-state index is 0.0664. The van der Waals surface area contributed by atoms with Crippen molar-refractivity contribution in [2.75, 3.05) is 0 Å². The molecule has 0 aliphatic carbocycles. The summed E-state index contributed by atoms with van der Waals surface area (Å²) >= 11 is 0. The molecule has 0 atom stereocenters. The van der Waals surface area contributed by atoms with E-state index in [1.807, 2.05) is 17.9 Å². The van der Waals surface area contributed by atoms with Crippen LogP contribution in [0.25, 0.3) is 11.4 Å². The minimum Gasteiger partial charge on any atom is -0.341 e. The molecule has 0 aromatic carbocycles. The first-order valence-electron chi connectivity index (χ1n) is 6.39. The van der Waals surface area contributed by atoms with Crippen LogP contribution in [0.1, 0.15) is 52.1 Å². The SMILES string of the molecule is CC(C)c1ncc(-c2cc(C(C)(C)C)nn2C)[nH]1. The average Bonchev–Trinajstić information content (AvgIpc) is 2.81. The summed E-state index contributed by atoms with van der Waals surface area (Å²) in [5, 5.41) is 4.58. The van der Waals surface area contributed by atoms with Gasteiger partial charge in [0.1, 0.15) is 5.82 Å². The molecule has 1 N–H and O–H groups in total. The van der Waals surface area contributed by atoms with Gasteiger partial charge in [-0.2, -0.15) is 5.10 Å². The molecule has 2 heterocycles. The van der Waals surface area contributed by atoms with Crippen LogP contribution in [0.4, 0.5) is 0 Å². The van der Waals surface area contributed by atoms with Crippen LogP contribution >= 0.6 is 0 Å². The predicted octanol–water partition coefficient (Wildman–Crippen LogP) is 3.23. The molecule has 0 spiro atoms. The first kappa shape index (κ1) is 12.9. The molecule has 98 valence electrons. The molecule has 4 nitrogen and oxygen atoms in total. The largest absolute Gasteiger partial charge is 0.341 e. The van der Waals surface area contributed by atoms with E-state index < -0.39 is 0 Å². The highest BCUT2D eigenvalue weighted by Crippen LogP contribution is 2.26. The number of nitrogens with one attached hydrogen (secondary N) is 1. The van der Waals surface area contributed by atoms with Gasteiger partial charge in [0.05, 0.1) is 23.3 Å². The maximum atomic E-state index is 4.58. The van der Waals surface area contributed by atoms with E-state index in [2.05, 4.69) is 55.8 Å². The quantitative estimate of drug-likeness (QED) is 0.884. The van der Waals surface area contributed by atoms with Gasteiger partial charge in [0.2, 0.25) is 0 Å². The fourth-order valence-corrected chi connectivity index (χ4v) is 1.85. The van der Waals surface area contributed by atoms with Crippen molar-refractivity contribution in [2.24, 2.45) is 7.05 Å². The lowest BCUT2D eigenvalue weighted by molar-refractivity contribution is 0.553. The summed E-state index contributed by atoms with van der Waals surface area (Å²) in [7, 11) is 1.97. The molecule has 4 heteroatoms. The van der Waals surface area contributed by atoms with Crippen molar-refractivity contribution in [3.8, 4) is 11.4 Å². The number of aromatic nitrogens is 4. The molecule has 2 rings (SSSR count). The zero-order chi connectivity index (χ0) is 13.5. The highest BCUT2D eigenvalue weighted by atomic mass is 15.3. The summed E-state index contributed by atoms with van der Waals surface area (Å²) in [6.07, 6.45) is 1.89. The topological polar surface area (TPSA) is 46.5 Å². The normalized spacial score (nSPS) is 12.4. The van der Waals surface area contributed by atoms with Crippen LogP contribution in [0.15, 0.2) is 12.3 Å². The molecule has 0 aliphatic heterocycles. The van der Waals surface area contributed by atoms with E-state index in [0.717, 1.165) is 22.9 Å². The van der Waals surface area contributed by atoms with Crippen molar-refractivity contribution < 1.29 is 0 Å². The Kier molecular flexibility index (Phi) is 3.05. The fourth-order valence-electron chi connectivity index (χ4n) is 1.85. The Labute approximate surface area is 108 Å². The second-order valence-electron chi connectivity index (χ2n) is 6.13. The van der Waals surface area contributed by atoms with Gasteiger partial charge in [0.15, 0.2) is 0 Å². The van der Waals surface area contributed by atoms with Gasteiger partial charge in [-0.1, -0.05) is 34.6 Å². The molecule has 0 bridgehead atoms. The third kappa shape index (κ3) is 2.33. The molecule has 0 amide bonds. The standard InChI is InChI=1S/C14H22N4/c1-9(2)13-15-8-10(16-13)11-7-12(14(3,4)5)17-18(11)6/h7-9H,1-6H3,(H,15,16). The smallest absolute Gasteiger partial charge is 0.109 e. The molecule has 0 saturated carbocycles. The van der Waals surface area contributed by atoms with E-state index in [4.69, 9.17) is 0 Å². The Bertz CT molecular complexity index is 540. The van der Waals surface area contributed by atoms with Crippen LogP contribution in [0, 0.1) is 0 Å². The number of hydrogen-bond donors (Lipinski definition) is 1. The van der Waals surface area contributed by atoms with Crippen molar-refractivity contribution in [3.63, 3.8) is 0 Å². The summed E-state index contributed by atoms with van der Waals surface area (Å²) < 4.78 is 1.91. The van der Waals surface area contributed by atoms with Crippen LogP contribution in [-0.2, 0) is 12.5 Å². The average molecular weight is 246 g/mol. The van der Waals surface area contributed by atoms with Crippen molar-refractivity contribution in [1.29, 1.82) is 0 Å². The van der Waals surface area contributed by atoms with E-state index in [0.29, 0.717) is 5.92 Å². The van der Waals surface area contributed by atoms with E-state index in [1.54, 1.807) is 0 Å². The van der Waals surface area contributed by atoms with Gasteiger partial charge in [-0.25, -0.2) is 4.98 Å². The molecule has 2 aromatic rings. The van der Waals surface area contributed by atoms with Crippen LogP contribution in [0.2, 0.25) is 0 Å². The van der Waals surface area contributed by atoms with Crippen molar-refractivity contribution in [2.45, 2.75) is 46.0 Å². The van der Waals surface area contributed by atoms with Crippen molar-refractivity contribution in [1.82, 2.24) is 19.7 Å². The number of rotatable bonds is 2. The summed E-state index contributed by atoms with van der Waals surface area (Å²) in [5.41, 5.74) is 3.28. The summed E-state index contributed by atoms with van der Waals surface area (Å²) in [6, 6.07) is 2.14. The first-order valence-corrected chi connectivity index (χ1v) is 6.39. The third-order valence-corrected chi connectivity index (χ3v) is 3.07. The molecular formula is C14H22N4. The van der Waals surface area contributed by atoms with Gasteiger partial charge in [0.25, 0.3) is 0 Å². The minimum atomic E-state index is 0.0664. The monoisotopic (exact) mass is 246 g/mol. The van der Waals surface area contributed by atoms with Crippen molar-refractivity contribution >= 4 is 0 Å². The van der Waals surface area contributed by atoms with E-state index in [1.165, 1.54) is 0 Å². The van der Waals surface area contributed by atoms with Crippen LogP contribution < -0.4 is 0 Å². The molecule has 0 fully saturated rings. The summed E-state index contributed by atoms with van der Waals surface area (Å²) in [6.45, 7) is 10.8. The Morgan fingerprint density at radius 3 is 2.39 bits per heavy atom. The van der Waals surface area contributed by atoms with Gasteiger partial charge in [-0.3, -0.25) is 4.68 Å². The van der Waals surface area contributed by atoms with Gasteiger partial charge < -0.3 is 4.98 Å². The zero-order valence-electron chi connectivity index (χ0n) is 12.1.